The molecule has 5 heteroatoms. The van der Waals surface area contributed by atoms with Crippen LogP contribution in [0.3, 0.4) is 0 Å². The molecule has 4 nitrogen and oxygen atoms in total. The van der Waals surface area contributed by atoms with Crippen LogP contribution in [0.4, 0.5) is 11.4 Å². The van der Waals surface area contributed by atoms with E-state index in [9.17, 15) is 9.90 Å². The Labute approximate surface area is 131 Å². The number of aliphatic hydroxyl groups excluding tert-OH is 1. The highest BCUT2D eigenvalue weighted by atomic mass is 35.5. The molecular weight excluding hydrogens is 288 g/mol. The number of halogens is 1. The first-order chi connectivity index (χ1) is 10.0. The van der Waals surface area contributed by atoms with Crippen LogP contribution >= 0.6 is 11.6 Å². The highest BCUT2D eigenvalue weighted by molar-refractivity contribution is 6.33. The predicted molar refractivity (Wildman–Crippen MR) is 87.0 cm³/mol. The molecule has 0 fully saturated rings. The van der Waals surface area contributed by atoms with Crippen molar-refractivity contribution in [2.75, 3.05) is 23.3 Å². The Bertz CT molecular complexity index is 529. The lowest BCUT2D eigenvalue weighted by Crippen LogP contribution is -2.29. The third kappa shape index (κ3) is 3.16. The maximum atomic E-state index is 11.5. The van der Waals surface area contributed by atoms with Crippen LogP contribution in [-0.4, -0.2) is 24.1 Å². The van der Waals surface area contributed by atoms with Crippen LogP contribution in [0.2, 0.25) is 5.02 Å². The lowest BCUT2D eigenvalue weighted by molar-refractivity contribution is -0.123. The number of carbonyl (C=O) groups is 1. The van der Waals surface area contributed by atoms with Gasteiger partial charge in [-0.05, 0) is 25.0 Å². The number of rotatable bonds is 6. The molecule has 0 bridgehead atoms. The normalized spacial score (nSPS) is 17.0. The second-order valence-electron chi connectivity index (χ2n) is 5.50. The third-order valence-corrected chi connectivity index (χ3v) is 4.58. The molecular formula is C16H23ClN2O2. The van der Waals surface area contributed by atoms with Crippen molar-refractivity contribution in [1.82, 2.24) is 0 Å². The monoisotopic (exact) mass is 310 g/mol. The number of anilines is 2. The first kappa shape index (κ1) is 16.1. The van der Waals surface area contributed by atoms with Crippen molar-refractivity contribution in [3.8, 4) is 0 Å². The summed E-state index contributed by atoms with van der Waals surface area (Å²) in [7, 11) is 0. The molecule has 1 aromatic rings. The summed E-state index contributed by atoms with van der Waals surface area (Å²) in [6, 6.07) is 3.57. The molecule has 0 aliphatic carbocycles. The molecule has 2 N–H and O–H groups in total. The van der Waals surface area contributed by atoms with E-state index in [1.807, 2.05) is 6.07 Å². The van der Waals surface area contributed by atoms with Crippen molar-refractivity contribution in [2.45, 2.75) is 39.7 Å². The molecule has 116 valence electrons. The van der Waals surface area contributed by atoms with Crippen molar-refractivity contribution < 1.29 is 9.90 Å². The van der Waals surface area contributed by atoms with E-state index in [4.69, 9.17) is 11.6 Å². The van der Waals surface area contributed by atoms with E-state index in [2.05, 4.69) is 31.0 Å². The van der Waals surface area contributed by atoms with Gasteiger partial charge in [-0.15, -0.1) is 0 Å². The first-order valence-corrected chi connectivity index (χ1v) is 7.96. The SMILES string of the molecule is CCC(CC)CN(CC)c1cc2c(cc1Cl)C(O)C(=O)N2. The van der Waals surface area contributed by atoms with Crippen LogP contribution in [-0.2, 0) is 4.79 Å². The van der Waals surface area contributed by atoms with E-state index in [0.717, 1.165) is 31.6 Å². The summed E-state index contributed by atoms with van der Waals surface area (Å²) in [6.07, 6.45) is 1.15. The summed E-state index contributed by atoms with van der Waals surface area (Å²) < 4.78 is 0. The smallest absolute Gasteiger partial charge is 0.257 e. The number of nitrogens with zero attached hydrogens (tertiary/aromatic N) is 1. The number of carbonyl (C=O) groups excluding carboxylic acids is 1. The van der Waals surface area contributed by atoms with Gasteiger partial charge in [0.25, 0.3) is 5.91 Å². The molecule has 21 heavy (non-hydrogen) atoms. The minimum absolute atomic E-state index is 0.388. The van der Waals surface area contributed by atoms with E-state index in [-0.39, 0.29) is 5.91 Å². The maximum absolute atomic E-state index is 11.5. The Morgan fingerprint density at radius 2 is 2.00 bits per heavy atom. The molecule has 1 aliphatic heterocycles. The van der Waals surface area contributed by atoms with Crippen LogP contribution in [0.1, 0.15) is 45.3 Å². The average molecular weight is 311 g/mol. The molecule has 1 amide bonds. The standard InChI is InChI=1S/C16H23ClN2O2/c1-4-10(5-2)9-19(6-3)14-8-13-11(7-12(14)17)15(20)16(21)18-13/h7-8,10,15,20H,4-6,9H2,1-3H3,(H,18,21). The highest BCUT2D eigenvalue weighted by Gasteiger charge is 2.30. The quantitative estimate of drug-likeness (QED) is 0.844. The van der Waals surface area contributed by atoms with Crippen molar-refractivity contribution in [2.24, 2.45) is 5.92 Å². The van der Waals surface area contributed by atoms with Crippen LogP contribution in [0.25, 0.3) is 0 Å². The fourth-order valence-corrected chi connectivity index (χ4v) is 3.04. The van der Waals surface area contributed by atoms with Gasteiger partial charge in [0.1, 0.15) is 0 Å². The number of nitrogens with one attached hydrogen (secondary N) is 1. The molecule has 0 saturated carbocycles. The molecule has 1 aromatic carbocycles. The van der Waals surface area contributed by atoms with Gasteiger partial charge in [-0.2, -0.15) is 0 Å². The predicted octanol–water partition coefficient (Wildman–Crippen LogP) is 3.59. The summed E-state index contributed by atoms with van der Waals surface area (Å²) in [4.78, 5) is 13.8. The zero-order chi connectivity index (χ0) is 15.6. The minimum Gasteiger partial charge on any atom is -0.378 e. The number of hydrogen-bond donors (Lipinski definition) is 2. The second kappa shape index (κ2) is 6.67. The second-order valence-corrected chi connectivity index (χ2v) is 5.91. The van der Waals surface area contributed by atoms with Gasteiger partial charge in [-0.3, -0.25) is 4.79 Å². The fourth-order valence-electron chi connectivity index (χ4n) is 2.75. The Morgan fingerprint density at radius 1 is 1.33 bits per heavy atom. The zero-order valence-electron chi connectivity index (χ0n) is 12.8. The lowest BCUT2D eigenvalue weighted by Gasteiger charge is -2.28. The molecule has 1 unspecified atom stereocenters. The largest absolute Gasteiger partial charge is 0.378 e. The summed E-state index contributed by atoms with van der Waals surface area (Å²) in [5, 5.41) is 13.1. The molecule has 0 aromatic heterocycles. The molecule has 0 radical (unpaired) electrons. The summed E-state index contributed by atoms with van der Waals surface area (Å²) in [5.41, 5.74) is 2.14. The van der Waals surface area contributed by atoms with Crippen LogP contribution in [0.15, 0.2) is 12.1 Å². The van der Waals surface area contributed by atoms with E-state index in [1.54, 1.807) is 6.07 Å². The van der Waals surface area contributed by atoms with E-state index < -0.39 is 6.10 Å². The minimum atomic E-state index is -1.11. The molecule has 1 atom stereocenters. The van der Waals surface area contributed by atoms with Crippen molar-refractivity contribution in [3.63, 3.8) is 0 Å². The van der Waals surface area contributed by atoms with E-state index in [1.165, 1.54) is 0 Å². The van der Waals surface area contributed by atoms with Gasteiger partial charge < -0.3 is 15.3 Å². The maximum Gasteiger partial charge on any atom is 0.257 e. The van der Waals surface area contributed by atoms with Gasteiger partial charge in [0.05, 0.1) is 10.7 Å². The van der Waals surface area contributed by atoms with Crippen LogP contribution in [0.5, 0.6) is 0 Å². The van der Waals surface area contributed by atoms with Gasteiger partial charge in [-0.25, -0.2) is 0 Å². The number of amides is 1. The van der Waals surface area contributed by atoms with Crippen molar-refractivity contribution in [3.05, 3.63) is 22.7 Å². The molecule has 2 rings (SSSR count). The van der Waals surface area contributed by atoms with E-state index in [0.29, 0.717) is 22.2 Å². The molecule has 0 spiro atoms. The van der Waals surface area contributed by atoms with Crippen molar-refractivity contribution in [1.29, 1.82) is 0 Å². The number of fused-ring (bicyclic) bond motifs is 1. The van der Waals surface area contributed by atoms with Gasteiger partial charge in [0.15, 0.2) is 6.10 Å². The molecule has 1 aliphatic rings. The first-order valence-electron chi connectivity index (χ1n) is 7.59. The van der Waals surface area contributed by atoms with Gasteiger partial charge in [0, 0.05) is 24.3 Å². The van der Waals surface area contributed by atoms with Crippen molar-refractivity contribution >= 4 is 28.9 Å². The summed E-state index contributed by atoms with van der Waals surface area (Å²) in [6.45, 7) is 8.29. The fraction of sp³-hybridized carbons (Fsp3) is 0.562. The Morgan fingerprint density at radius 3 is 2.57 bits per heavy atom. The summed E-state index contributed by atoms with van der Waals surface area (Å²) >= 11 is 6.37. The van der Waals surface area contributed by atoms with Gasteiger partial charge in [-0.1, -0.05) is 38.3 Å². The lowest BCUT2D eigenvalue weighted by atomic mass is 10.0. The number of benzene rings is 1. The zero-order valence-corrected chi connectivity index (χ0v) is 13.6. The number of aliphatic hydroxyl groups is 1. The molecule has 0 saturated heterocycles. The van der Waals surface area contributed by atoms with E-state index >= 15 is 0 Å². The molecule has 1 heterocycles. The van der Waals surface area contributed by atoms with Gasteiger partial charge >= 0.3 is 0 Å². The number of hydrogen-bond acceptors (Lipinski definition) is 3. The topological polar surface area (TPSA) is 52.6 Å². The summed E-state index contributed by atoms with van der Waals surface area (Å²) in [5.74, 6) is 0.232. The Kier molecular flexibility index (Phi) is 5.12. The van der Waals surface area contributed by atoms with Crippen LogP contribution < -0.4 is 10.2 Å². The Balaban J connectivity index is 2.31. The highest BCUT2D eigenvalue weighted by Crippen LogP contribution is 2.39. The third-order valence-electron chi connectivity index (χ3n) is 4.28. The Hall–Kier alpha value is -1.26. The van der Waals surface area contributed by atoms with Gasteiger partial charge in [0.2, 0.25) is 0 Å². The average Bonchev–Trinajstić information content (AvgIpc) is 2.75. The van der Waals surface area contributed by atoms with Crippen LogP contribution in [0, 0.1) is 5.92 Å².